The van der Waals surface area contributed by atoms with Gasteiger partial charge in [-0.15, -0.1) is 0 Å². The number of hydrogen-bond donors (Lipinski definition) is 2. The van der Waals surface area contributed by atoms with Crippen molar-refractivity contribution in [3.8, 4) is 0 Å². The van der Waals surface area contributed by atoms with E-state index in [-0.39, 0.29) is 5.82 Å². The van der Waals surface area contributed by atoms with Gasteiger partial charge in [-0.05, 0) is 52.5 Å². The van der Waals surface area contributed by atoms with Crippen molar-refractivity contribution in [2.45, 2.75) is 20.3 Å². The number of benzene rings is 1. The number of hydrazine groups is 1. The van der Waals surface area contributed by atoms with Gasteiger partial charge in [-0.3, -0.25) is 0 Å². The Balaban J connectivity index is 2.87. The average molecular weight is 298 g/mol. The number of fused-ring (bicyclic) bond motifs is 1. The van der Waals surface area contributed by atoms with E-state index in [4.69, 9.17) is 5.84 Å². The molecule has 0 aliphatic heterocycles. The molecule has 0 saturated heterocycles. The summed E-state index contributed by atoms with van der Waals surface area (Å²) in [6.45, 7) is 3.87. The number of nitrogens with one attached hydrogen (secondary N) is 1. The van der Waals surface area contributed by atoms with Crippen molar-refractivity contribution in [3.05, 3.63) is 33.5 Å². The first-order chi connectivity index (χ1) is 8.08. The van der Waals surface area contributed by atoms with E-state index in [9.17, 15) is 4.39 Å². The summed E-state index contributed by atoms with van der Waals surface area (Å²) in [5.41, 5.74) is 5.00. The van der Waals surface area contributed by atoms with Gasteiger partial charge < -0.3 is 5.43 Å². The molecule has 1 aromatic heterocycles. The Morgan fingerprint density at radius 1 is 1.47 bits per heavy atom. The summed E-state index contributed by atoms with van der Waals surface area (Å²) in [4.78, 5) is 4.37. The first-order valence-electron chi connectivity index (χ1n) is 5.33. The zero-order valence-corrected chi connectivity index (χ0v) is 11.2. The van der Waals surface area contributed by atoms with E-state index < -0.39 is 0 Å². The zero-order chi connectivity index (χ0) is 12.6. The summed E-state index contributed by atoms with van der Waals surface area (Å²) in [5.74, 6) is 5.74. The molecule has 0 amide bonds. The molecule has 0 spiro atoms. The van der Waals surface area contributed by atoms with Gasteiger partial charge in [-0.25, -0.2) is 15.2 Å². The number of nitrogen functional groups attached to an aromatic ring is 1. The molecule has 0 aliphatic carbocycles. The number of hydrogen-bond acceptors (Lipinski definition) is 3. The minimum absolute atomic E-state index is 0.281. The third-order valence-corrected chi connectivity index (χ3v) is 3.36. The largest absolute Gasteiger partial charge is 0.308 e. The minimum Gasteiger partial charge on any atom is -0.308 e. The van der Waals surface area contributed by atoms with Gasteiger partial charge in [0.1, 0.15) is 11.6 Å². The molecule has 0 saturated carbocycles. The molecule has 2 aromatic rings. The molecule has 17 heavy (non-hydrogen) atoms. The summed E-state index contributed by atoms with van der Waals surface area (Å²) in [7, 11) is 0. The number of halogens is 2. The van der Waals surface area contributed by atoms with Crippen LogP contribution in [0, 0.1) is 12.7 Å². The lowest BCUT2D eigenvalue weighted by Crippen LogP contribution is -2.11. The maximum Gasteiger partial charge on any atom is 0.146 e. The molecule has 5 heteroatoms. The number of pyridine rings is 1. The number of anilines is 1. The molecule has 1 heterocycles. The second kappa shape index (κ2) is 4.58. The number of aryl methyl sites for hydroxylation is 2. The molecule has 0 aliphatic rings. The van der Waals surface area contributed by atoms with Crippen LogP contribution in [0.4, 0.5) is 10.2 Å². The molecule has 1 aromatic carbocycles. The van der Waals surface area contributed by atoms with Crippen LogP contribution >= 0.6 is 15.9 Å². The lowest BCUT2D eigenvalue weighted by Gasteiger charge is -2.11. The summed E-state index contributed by atoms with van der Waals surface area (Å²) < 4.78 is 14.4. The number of nitrogens with zero attached hydrogens (tertiary/aromatic N) is 1. The molecular formula is C12H13BrFN3. The second-order valence-electron chi connectivity index (χ2n) is 3.88. The first kappa shape index (κ1) is 12.3. The molecule has 3 nitrogen and oxygen atoms in total. The van der Waals surface area contributed by atoms with Crippen molar-refractivity contribution in [2.75, 3.05) is 5.43 Å². The van der Waals surface area contributed by atoms with Gasteiger partial charge in [0.15, 0.2) is 0 Å². The zero-order valence-electron chi connectivity index (χ0n) is 9.64. The Kier molecular flexibility index (Phi) is 3.31. The molecule has 0 radical (unpaired) electrons. The predicted molar refractivity (Wildman–Crippen MR) is 71.3 cm³/mol. The van der Waals surface area contributed by atoms with Gasteiger partial charge in [-0.1, -0.05) is 6.92 Å². The van der Waals surface area contributed by atoms with Crippen molar-refractivity contribution in [3.63, 3.8) is 0 Å². The third-order valence-electron chi connectivity index (χ3n) is 2.78. The third kappa shape index (κ3) is 2.00. The fraction of sp³-hybridized carbons (Fsp3) is 0.250. The quantitative estimate of drug-likeness (QED) is 0.660. The summed E-state index contributed by atoms with van der Waals surface area (Å²) in [6.07, 6.45) is 0.744. The monoisotopic (exact) mass is 297 g/mol. The SMILES string of the molecule is CCc1cc2c(F)c(Br)cc(C)c2nc1NN. The van der Waals surface area contributed by atoms with Crippen LogP contribution in [0.2, 0.25) is 0 Å². The van der Waals surface area contributed by atoms with E-state index in [1.807, 2.05) is 13.8 Å². The van der Waals surface area contributed by atoms with Crippen LogP contribution in [-0.4, -0.2) is 4.98 Å². The van der Waals surface area contributed by atoms with Gasteiger partial charge >= 0.3 is 0 Å². The van der Waals surface area contributed by atoms with E-state index in [0.29, 0.717) is 21.2 Å². The normalized spacial score (nSPS) is 10.9. The van der Waals surface area contributed by atoms with Crippen LogP contribution in [0.25, 0.3) is 10.9 Å². The van der Waals surface area contributed by atoms with Crippen molar-refractivity contribution >= 4 is 32.7 Å². The number of nitrogens with two attached hydrogens (primary N) is 1. The van der Waals surface area contributed by atoms with Crippen LogP contribution in [-0.2, 0) is 6.42 Å². The van der Waals surface area contributed by atoms with Crippen LogP contribution in [0.15, 0.2) is 16.6 Å². The van der Waals surface area contributed by atoms with Crippen molar-refractivity contribution < 1.29 is 4.39 Å². The molecule has 0 unspecified atom stereocenters. The Morgan fingerprint density at radius 3 is 2.76 bits per heavy atom. The molecule has 0 bridgehead atoms. The highest BCUT2D eigenvalue weighted by Crippen LogP contribution is 2.29. The summed E-state index contributed by atoms with van der Waals surface area (Å²) in [6, 6.07) is 3.52. The van der Waals surface area contributed by atoms with E-state index in [0.717, 1.165) is 17.5 Å². The van der Waals surface area contributed by atoms with Crippen molar-refractivity contribution in [1.82, 2.24) is 4.98 Å². The standard InChI is InChI=1S/C12H13BrFN3/c1-3-7-5-8-10(14)9(13)4-6(2)11(8)16-12(7)17-15/h4-5H,3,15H2,1-2H3,(H,16,17). The smallest absolute Gasteiger partial charge is 0.146 e. The van der Waals surface area contributed by atoms with Crippen LogP contribution in [0.1, 0.15) is 18.1 Å². The fourth-order valence-corrected chi connectivity index (χ4v) is 2.42. The molecular weight excluding hydrogens is 285 g/mol. The maximum absolute atomic E-state index is 14.0. The van der Waals surface area contributed by atoms with Gasteiger partial charge in [0.2, 0.25) is 0 Å². The summed E-state index contributed by atoms with van der Waals surface area (Å²) >= 11 is 3.21. The maximum atomic E-state index is 14.0. The molecule has 90 valence electrons. The molecule has 0 atom stereocenters. The number of rotatable bonds is 2. The lowest BCUT2D eigenvalue weighted by molar-refractivity contribution is 0.632. The minimum atomic E-state index is -0.281. The Morgan fingerprint density at radius 2 is 2.18 bits per heavy atom. The van der Waals surface area contributed by atoms with Gasteiger partial charge in [0, 0.05) is 5.39 Å². The molecule has 0 fully saturated rings. The van der Waals surface area contributed by atoms with Gasteiger partial charge in [0.25, 0.3) is 0 Å². The Hall–Kier alpha value is -1.20. The second-order valence-corrected chi connectivity index (χ2v) is 4.73. The average Bonchev–Trinajstić information content (AvgIpc) is 2.34. The van der Waals surface area contributed by atoms with E-state index in [1.165, 1.54) is 0 Å². The highest BCUT2D eigenvalue weighted by Gasteiger charge is 2.12. The van der Waals surface area contributed by atoms with Crippen molar-refractivity contribution in [2.24, 2.45) is 5.84 Å². The van der Waals surface area contributed by atoms with Crippen molar-refractivity contribution in [1.29, 1.82) is 0 Å². The first-order valence-corrected chi connectivity index (χ1v) is 6.12. The van der Waals surface area contributed by atoms with Crippen LogP contribution in [0.3, 0.4) is 0 Å². The van der Waals surface area contributed by atoms with E-state index in [2.05, 4.69) is 26.3 Å². The number of aromatic nitrogens is 1. The van der Waals surface area contributed by atoms with Crippen LogP contribution < -0.4 is 11.3 Å². The van der Waals surface area contributed by atoms with Gasteiger partial charge in [0.05, 0.1) is 9.99 Å². The highest BCUT2D eigenvalue weighted by atomic mass is 79.9. The molecule has 3 N–H and O–H groups in total. The van der Waals surface area contributed by atoms with E-state index in [1.54, 1.807) is 12.1 Å². The predicted octanol–water partition coefficient (Wildman–Crippen LogP) is 3.29. The Bertz CT molecular complexity index is 584. The van der Waals surface area contributed by atoms with Crippen LogP contribution in [0.5, 0.6) is 0 Å². The topological polar surface area (TPSA) is 50.9 Å². The lowest BCUT2D eigenvalue weighted by atomic mass is 10.1. The van der Waals surface area contributed by atoms with E-state index >= 15 is 0 Å². The van der Waals surface area contributed by atoms with Gasteiger partial charge in [-0.2, -0.15) is 0 Å². The molecule has 2 rings (SSSR count). The summed E-state index contributed by atoms with van der Waals surface area (Å²) in [5, 5.41) is 0.521. The fourth-order valence-electron chi connectivity index (χ4n) is 1.87. The Labute approximate surface area is 107 Å². The highest BCUT2D eigenvalue weighted by molar-refractivity contribution is 9.10.